The molecule has 27 heavy (non-hydrogen) atoms. The average Bonchev–Trinajstić information content (AvgIpc) is 2.71. The molecule has 4 heteroatoms. The number of hydrogen-bond donors (Lipinski definition) is 1. The molecule has 2 aromatic carbocycles. The summed E-state index contributed by atoms with van der Waals surface area (Å²) in [5.41, 5.74) is 3.59. The van der Waals surface area contributed by atoms with E-state index in [0.29, 0.717) is 12.6 Å². The molecule has 0 amide bonds. The highest BCUT2D eigenvalue weighted by molar-refractivity contribution is 5.44. The van der Waals surface area contributed by atoms with E-state index in [0.717, 1.165) is 49.7 Å². The van der Waals surface area contributed by atoms with Crippen LogP contribution in [0.15, 0.2) is 60.7 Å². The number of benzene rings is 2. The minimum atomic E-state index is 0.314. The molecule has 2 aromatic rings. The van der Waals surface area contributed by atoms with Gasteiger partial charge in [-0.15, -0.1) is 6.58 Å². The van der Waals surface area contributed by atoms with Crippen molar-refractivity contribution in [3.05, 3.63) is 71.8 Å². The van der Waals surface area contributed by atoms with Crippen LogP contribution in [-0.2, 0) is 6.61 Å². The summed E-state index contributed by atoms with van der Waals surface area (Å²) in [5.74, 6) is 1.56. The van der Waals surface area contributed by atoms with Crippen molar-refractivity contribution in [3.8, 4) is 11.5 Å². The first-order valence-corrected chi connectivity index (χ1v) is 9.61. The standard InChI is InChI=1S/C23H30N2O2/c1-18(2)15-21(25-13-11-24-12-14-25)20-9-10-22(26-3)23(16-20)27-17-19-7-5-4-6-8-19/h4-10,16,21,24H,1,11-15,17H2,2-3H3/t21-/m0/s1. The summed E-state index contributed by atoms with van der Waals surface area (Å²) < 4.78 is 11.6. The van der Waals surface area contributed by atoms with Crippen molar-refractivity contribution < 1.29 is 9.47 Å². The molecule has 0 aromatic heterocycles. The molecule has 0 spiro atoms. The van der Waals surface area contributed by atoms with E-state index < -0.39 is 0 Å². The Morgan fingerprint density at radius 3 is 2.52 bits per heavy atom. The Kier molecular flexibility index (Phi) is 6.91. The summed E-state index contributed by atoms with van der Waals surface area (Å²) in [5, 5.41) is 3.43. The molecule has 0 unspecified atom stereocenters. The number of ether oxygens (including phenoxy) is 2. The maximum atomic E-state index is 6.12. The third kappa shape index (κ3) is 5.34. The Morgan fingerprint density at radius 2 is 1.85 bits per heavy atom. The van der Waals surface area contributed by atoms with Gasteiger partial charge in [-0.1, -0.05) is 42.0 Å². The first kappa shape index (κ1) is 19.5. The highest BCUT2D eigenvalue weighted by Crippen LogP contribution is 2.35. The van der Waals surface area contributed by atoms with Crippen molar-refractivity contribution in [3.63, 3.8) is 0 Å². The van der Waals surface area contributed by atoms with Crippen molar-refractivity contribution in [2.45, 2.75) is 26.0 Å². The fraction of sp³-hybridized carbons (Fsp3) is 0.391. The number of piperazine rings is 1. The van der Waals surface area contributed by atoms with Gasteiger partial charge in [-0.3, -0.25) is 4.90 Å². The molecule has 1 fully saturated rings. The predicted molar refractivity (Wildman–Crippen MR) is 110 cm³/mol. The van der Waals surface area contributed by atoms with Crippen LogP contribution in [0.2, 0.25) is 0 Å². The lowest BCUT2D eigenvalue weighted by Gasteiger charge is -2.35. The lowest BCUT2D eigenvalue weighted by atomic mass is 9.97. The van der Waals surface area contributed by atoms with Crippen molar-refractivity contribution in [1.82, 2.24) is 10.2 Å². The Morgan fingerprint density at radius 1 is 1.11 bits per heavy atom. The summed E-state index contributed by atoms with van der Waals surface area (Å²) in [4.78, 5) is 2.54. The van der Waals surface area contributed by atoms with Gasteiger partial charge in [0.25, 0.3) is 0 Å². The van der Waals surface area contributed by atoms with Crippen LogP contribution in [0.5, 0.6) is 11.5 Å². The molecule has 1 aliphatic heterocycles. The molecule has 0 aliphatic carbocycles. The van der Waals surface area contributed by atoms with E-state index in [2.05, 4.69) is 48.0 Å². The fourth-order valence-electron chi connectivity index (χ4n) is 3.53. The van der Waals surface area contributed by atoms with Crippen molar-refractivity contribution in [2.24, 2.45) is 0 Å². The van der Waals surface area contributed by atoms with Gasteiger partial charge in [-0.25, -0.2) is 0 Å². The van der Waals surface area contributed by atoms with E-state index in [9.17, 15) is 0 Å². The Bertz CT molecular complexity index is 739. The molecule has 1 atom stereocenters. The topological polar surface area (TPSA) is 33.7 Å². The van der Waals surface area contributed by atoms with Gasteiger partial charge in [-0.05, 0) is 36.6 Å². The zero-order chi connectivity index (χ0) is 19.1. The van der Waals surface area contributed by atoms with Gasteiger partial charge in [0, 0.05) is 32.2 Å². The van der Waals surface area contributed by atoms with Gasteiger partial charge in [0.05, 0.1) is 7.11 Å². The van der Waals surface area contributed by atoms with E-state index in [1.165, 1.54) is 11.1 Å². The van der Waals surface area contributed by atoms with E-state index in [1.807, 2.05) is 24.3 Å². The molecular weight excluding hydrogens is 336 g/mol. The molecule has 1 aliphatic rings. The second-order valence-corrected chi connectivity index (χ2v) is 7.15. The van der Waals surface area contributed by atoms with Crippen molar-refractivity contribution >= 4 is 0 Å². The zero-order valence-corrected chi connectivity index (χ0v) is 16.4. The van der Waals surface area contributed by atoms with Crippen molar-refractivity contribution in [1.29, 1.82) is 0 Å². The van der Waals surface area contributed by atoms with Crippen LogP contribution >= 0.6 is 0 Å². The number of nitrogens with zero attached hydrogens (tertiary/aromatic N) is 1. The SMILES string of the molecule is C=C(C)C[C@@H](c1ccc(OC)c(OCc2ccccc2)c1)N1CCNCC1. The second kappa shape index (κ2) is 9.58. The number of hydrogen-bond acceptors (Lipinski definition) is 4. The molecule has 1 saturated heterocycles. The molecule has 4 nitrogen and oxygen atoms in total. The molecule has 3 rings (SSSR count). The van der Waals surface area contributed by atoms with Crippen LogP contribution in [-0.4, -0.2) is 38.2 Å². The fourth-order valence-corrected chi connectivity index (χ4v) is 3.53. The number of rotatable bonds is 8. The van der Waals surface area contributed by atoms with Crippen LogP contribution in [0.25, 0.3) is 0 Å². The molecule has 0 bridgehead atoms. The summed E-state index contributed by atoms with van der Waals surface area (Å²) in [6.07, 6.45) is 0.949. The van der Waals surface area contributed by atoms with Gasteiger partial charge in [-0.2, -0.15) is 0 Å². The normalized spacial score (nSPS) is 15.9. The summed E-state index contributed by atoms with van der Waals surface area (Å²) in [6.45, 7) is 10.9. The second-order valence-electron chi connectivity index (χ2n) is 7.15. The number of methoxy groups -OCH3 is 1. The van der Waals surface area contributed by atoms with Gasteiger partial charge in [0.15, 0.2) is 11.5 Å². The van der Waals surface area contributed by atoms with Gasteiger partial charge in [0.1, 0.15) is 6.61 Å². The van der Waals surface area contributed by atoms with Gasteiger partial charge < -0.3 is 14.8 Å². The molecule has 0 radical (unpaired) electrons. The monoisotopic (exact) mass is 366 g/mol. The van der Waals surface area contributed by atoms with E-state index >= 15 is 0 Å². The third-order valence-corrected chi connectivity index (χ3v) is 4.94. The number of nitrogens with one attached hydrogen (secondary N) is 1. The molecular formula is C23H30N2O2. The zero-order valence-electron chi connectivity index (χ0n) is 16.4. The quantitative estimate of drug-likeness (QED) is 0.711. The summed E-state index contributed by atoms with van der Waals surface area (Å²) in [6, 6.07) is 16.8. The van der Waals surface area contributed by atoms with Crippen molar-refractivity contribution in [2.75, 3.05) is 33.3 Å². The van der Waals surface area contributed by atoms with E-state index in [-0.39, 0.29) is 0 Å². The highest BCUT2D eigenvalue weighted by atomic mass is 16.5. The minimum Gasteiger partial charge on any atom is -0.493 e. The maximum Gasteiger partial charge on any atom is 0.161 e. The first-order chi connectivity index (χ1) is 13.2. The summed E-state index contributed by atoms with van der Waals surface area (Å²) in [7, 11) is 1.69. The molecule has 1 N–H and O–H groups in total. The Labute approximate surface area is 162 Å². The van der Waals surface area contributed by atoms with Gasteiger partial charge >= 0.3 is 0 Å². The summed E-state index contributed by atoms with van der Waals surface area (Å²) >= 11 is 0. The largest absolute Gasteiger partial charge is 0.493 e. The first-order valence-electron chi connectivity index (χ1n) is 9.61. The molecule has 1 heterocycles. The minimum absolute atomic E-state index is 0.314. The van der Waals surface area contributed by atoms with Gasteiger partial charge in [0.2, 0.25) is 0 Å². The van der Waals surface area contributed by atoms with Crippen LogP contribution in [0.4, 0.5) is 0 Å². The smallest absolute Gasteiger partial charge is 0.161 e. The van der Waals surface area contributed by atoms with Crippen LogP contribution < -0.4 is 14.8 Å². The maximum absolute atomic E-state index is 6.12. The van der Waals surface area contributed by atoms with Crippen LogP contribution in [0.3, 0.4) is 0 Å². The van der Waals surface area contributed by atoms with Crippen LogP contribution in [0, 0.1) is 0 Å². The molecule has 0 saturated carbocycles. The van der Waals surface area contributed by atoms with E-state index in [1.54, 1.807) is 7.11 Å². The van der Waals surface area contributed by atoms with E-state index in [4.69, 9.17) is 9.47 Å². The lowest BCUT2D eigenvalue weighted by molar-refractivity contribution is 0.172. The average molecular weight is 367 g/mol. The molecule has 144 valence electrons. The predicted octanol–water partition coefficient (Wildman–Crippen LogP) is 4.19. The highest BCUT2D eigenvalue weighted by Gasteiger charge is 2.23. The lowest BCUT2D eigenvalue weighted by Crippen LogP contribution is -2.45. The van der Waals surface area contributed by atoms with Crippen LogP contribution in [0.1, 0.15) is 30.5 Å². The Balaban J connectivity index is 1.83. The Hall–Kier alpha value is -2.30. The third-order valence-electron chi connectivity index (χ3n) is 4.94.